The fourth-order valence-electron chi connectivity index (χ4n) is 0.827. The molecule has 0 fully saturated rings. The van der Waals surface area contributed by atoms with E-state index < -0.39 is 0 Å². The van der Waals surface area contributed by atoms with E-state index in [0.29, 0.717) is 5.92 Å². The third-order valence-electron chi connectivity index (χ3n) is 2.46. The van der Waals surface area contributed by atoms with Gasteiger partial charge in [0.05, 0.1) is 11.5 Å². The van der Waals surface area contributed by atoms with E-state index in [-0.39, 0.29) is 5.41 Å². The molecular weight excluding hydrogens is 146 g/mol. The normalized spacial score (nSPS) is 15.1. The van der Waals surface area contributed by atoms with Crippen LogP contribution in [0.5, 0.6) is 0 Å². The Labute approximate surface area is 76.1 Å². The summed E-state index contributed by atoms with van der Waals surface area (Å²) in [5.74, 6) is 0.415. The topological polar surface area (TPSA) is 23.8 Å². The van der Waals surface area contributed by atoms with Crippen LogP contribution in [-0.4, -0.2) is 0 Å². The van der Waals surface area contributed by atoms with Gasteiger partial charge in [0.15, 0.2) is 0 Å². The van der Waals surface area contributed by atoms with E-state index in [1.165, 1.54) is 5.57 Å². The lowest BCUT2D eigenvalue weighted by atomic mass is 9.77. The van der Waals surface area contributed by atoms with E-state index >= 15 is 0 Å². The molecular formula is C11H19N. The molecule has 0 amide bonds. The highest BCUT2D eigenvalue weighted by Crippen LogP contribution is 2.30. The summed E-state index contributed by atoms with van der Waals surface area (Å²) in [5, 5.41) is 8.99. The molecule has 1 heteroatoms. The first-order chi connectivity index (χ1) is 5.42. The lowest BCUT2D eigenvalue weighted by molar-refractivity contribution is 0.313. The van der Waals surface area contributed by atoms with Crippen molar-refractivity contribution in [1.82, 2.24) is 0 Å². The zero-order chi connectivity index (χ0) is 9.78. The molecule has 1 nitrogen and oxygen atoms in total. The van der Waals surface area contributed by atoms with Crippen LogP contribution in [0.2, 0.25) is 0 Å². The lowest BCUT2D eigenvalue weighted by Crippen LogP contribution is -2.20. The molecule has 0 spiro atoms. The second kappa shape index (κ2) is 4.30. The molecule has 0 rings (SSSR count). The summed E-state index contributed by atoms with van der Waals surface area (Å²) in [7, 11) is 0. The van der Waals surface area contributed by atoms with Gasteiger partial charge in [-0.3, -0.25) is 0 Å². The third kappa shape index (κ3) is 3.09. The average molecular weight is 165 g/mol. The molecule has 0 aromatic heterocycles. The van der Waals surface area contributed by atoms with E-state index in [4.69, 9.17) is 5.26 Å². The van der Waals surface area contributed by atoms with Gasteiger partial charge >= 0.3 is 0 Å². The first-order valence-electron chi connectivity index (χ1n) is 4.47. The van der Waals surface area contributed by atoms with Gasteiger partial charge in [0.2, 0.25) is 0 Å². The largest absolute Gasteiger partial charge is 0.198 e. The Hall–Kier alpha value is -0.770. The molecule has 0 N–H and O–H groups in total. The number of hydrogen-bond donors (Lipinski definition) is 0. The Balaban J connectivity index is 4.38. The summed E-state index contributed by atoms with van der Waals surface area (Å²) in [4.78, 5) is 0. The minimum Gasteiger partial charge on any atom is -0.198 e. The Morgan fingerprint density at radius 1 is 1.50 bits per heavy atom. The quantitative estimate of drug-likeness (QED) is 0.587. The van der Waals surface area contributed by atoms with Crippen molar-refractivity contribution in [2.24, 2.45) is 11.3 Å². The van der Waals surface area contributed by atoms with Crippen molar-refractivity contribution in [1.29, 1.82) is 5.26 Å². The monoisotopic (exact) mass is 165 g/mol. The van der Waals surface area contributed by atoms with Crippen molar-refractivity contribution >= 4 is 0 Å². The molecule has 0 aliphatic carbocycles. The Kier molecular flexibility index (Phi) is 4.03. The minimum absolute atomic E-state index is 0.197. The predicted molar refractivity (Wildman–Crippen MR) is 52.6 cm³/mol. The van der Waals surface area contributed by atoms with Crippen molar-refractivity contribution < 1.29 is 0 Å². The maximum absolute atomic E-state index is 8.99. The maximum atomic E-state index is 8.99. The standard InChI is InChI=1S/C11H19N/c1-9(2)6-7-11(5,8-12)10(3)4/h6,10H,7H2,1-5H3/t11-/m0/s1. The Morgan fingerprint density at radius 2 is 2.00 bits per heavy atom. The molecule has 68 valence electrons. The number of allylic oxidation sites excluding steroid dienone is 2. The van der Waals surface area contributed by atoms with Crippen molar-refractivity contribution in [2.45, 2.75) is 41.0 Å². The van der Waals surface area contributed by atoms with Crippen LogP contribution >= 0.6 is 0 Å². The van der Waals surface area contributed by atoms with E-state index in [1.807, 2.05) is 6.92 Å². The van der Waals surface area contributed by atoms with Crippen LogP contribution in [0.25, 0.3) is 0 Å². The molecule has 1 atom stereocenters. The van der Waals surface area contributed by atoms with Crippen molar-refractivity contribution in [3.63, 3.8) is 0 Å². The zero-order valence-corrected chi connectivity index (χ0v) is 8.81. The first kappa shape index (κ1) is 11.2. The first-order valence-corrected chi connectivity index (χ1v) is 4.47. The second-order valence-corrected chi connectivity index (χ2v) is 4.17. The van der Waals surface area contributed by atoms with E-state index in [9.17, 15) is 0 Å². The maximum Gasteiger partial charge on any atom is 0.0692 e. The van der Waals surface area contributed by atoms with Crippen LogP contribution < -0.4 is 0 Å². The van der Waals surface area contributed by atoms with Gasteiger partial charge in [0.25, 0.3) is 0 Å². The molecule has 0 aromatic rings. The Bertz CT molecular complexity index is 204. The molecule has 0 aliphatic heterocycles. The zero-order valence-electron chi connectivity index (χ0n) is 8.81. The summed E-state index contributed by atoms with van der Waals surface area (Å²) >= 11 is 0. The van der Waals surface area contributed by atoms with E-state index in [1.54, 1.807) is 0 Å². The fraction of sp³-hybridized carbons (Fsp3) is 0.727. The summed E-state index contributed by atoms with van der Waals surface area (Å²) in [6, 6.07) is 2.39. The van der Waals surface area contributed by atoms with Crippen molar-refractivity contribution in [3.8, 4) is 6.07 Å². The van der Waals surface area contributed by atoms with Crippen LogP contribution in [-0.2, 0) is 0 Å². The van der Waals surface area contributed by atoms with Gasteiger partial charge in [-0.2, -0.15) is 5.26 Å². The van der Waals surface area contributed by atoms with Gasteiger partial charge in [-0.05, 0) is 33.1 Å². The van der Waals surface area contributed by atoms with E-state index in [0.717, 1.165) is 6.42 Å². The molecule has 0 radical (unpaired) electrons. The highest BCUT2D eigenvalue weighted by molar-refractivity contribution is 5.05. The van der Waals surface area contributed by atoms with Gasteiger partial charge in [0, 0.05) is 0 Å². The average Bonchev–Trinajstić information content (AvgIpc) is 1.99. The molecule has 0 saturated heterocycles. The molecule has 0 bridgehead atoms. The Morgan fingerprint density at radius 3 is 2.25 bits per heavy atom. The smallest absolute Gasteiger partial charge is 0.0692 e. The molecule has 0 unspecified atom stereocenters. The third-order valence-corrected chi connectivity index (χ3v) is 2.46. The molecule has 0 heterocycles. The highest BCUT2D eigenvalue weighted by Gasteiger charge is 2.26. The lowest BCUT2D eigenvalue weighted by Gasteiger charge is -2.24. The fourth-order valence-corrected chi connectivity index (χ4v) is 0.827. The van der Waals surface area contributed by atoms with Crippen LogP contribution in [0, 0.1) is 22.7 Å². The van der Waals surface area contributed by atoms with Gasteiger partial charge in [-0.1, -0.05) is 25.5 Å². The summed E-state index contributed by atoms with van der Waals surface area (Å²) in [6.45, 7) is 10.4. The number of hydrogen-bond acceptors (Lipinski definition) is 1. The van der Waals surface area contributed by atoms with Gasteiger partial charge in [0.1, 0.15) is 0 Å². The van der Waals surface area contributed by atoms with Crippen LogP contribution in [0.4, 0.5) is 0 Å². The van der Waals surface area contributed by atoms with Crippen LogP contribution in [0.3, 0.4) is 0 Å². The molecule has 12 heavy (non-hydrogen) atoms. The van der Waals surface area contributed by atoms with Crippen molar-refractivity contribution in [3.05, 3.63) is 11.6 Å². The van der Waals surface area contributed by atoms with Crippen LogP contribution in [0.15, 0.2) is 11.6 Å². The van der Waals surface area contributed by atoms with E-state index in [2.05, 4.69) is 39.8 Å². The van der Waals surface area contributed by atoms with Gasteiger partial charge in [-0.15, -0.1) is 0 Å². The number of nitrogens with zero attached hydrogens (tertiary/aromatic N) is 1. The summed E-state index contributed by atoms with van der Waals surface area (Å²) < 4.78 is 0. The molecule has 0 aliphatic rings. The number of rotatable bonds is 3. The summed E-state index contributed by atoms with van der Waals surface area (Å²) in [6.07, 6.45) is 3.01. The number of nitriles is 1. The predicted octanol–water partition coefficient (Wildman–Crippen LogP) is 3.53. The summed E-state index contributed by atoms with van der Waals surface area (Å²) in [5.41, 5.74) is 1.09. The second-order valence-electron chi connectivity index (χ2n) is 4.17. The van der Waals surface area contributed by atoms with Crippen LogP contribution in [0.1, 0.15) is 41.0 Å². The SMILES string of the molecule is CC(C)=CC[C@@](C)(C#N)C(C)C. The highest BCUT2D eigenvalue weighted by atomic mass is 14.4. The molecule has 0 saturated carbocycles. The van der Waals surface area contributed by atoms with Crippen molar-refractivity contribution in [2.75, 3.05) is 0 Å². The van der Waals surface area contributed by atoms with Gasteiger partial charge < -0.3 is 0 Å². The minimum atomic E-state index is -0.197. The molecule has 0 aromatic carbocycles. The van der Waals surface area contributed by atoms with Gasteiger partial charge in [-0.25, -0.2) is 0 Å².